The Labute approximate surface area is 267 Å². The Hall–Kier alpha value is -3.30. The normalized spacial score (nSPS) is 49.8. The molecule has 1 aromatic carbocycles. The molecule has 5 saturated carbocycles. The Morgan fingerprint density at radius 2 is 1.74 bits per heavy atom. The number of ketones is 1. The molecule has 6 fully saturated rings. The number of carboxylic acids is 2. The topological polar surface area (TPSA) is 158 Å². The lowest BCUT2D eigenvalue weighted by molar-refractivity contribution is -0.163. The molecular weight excluding hydrogens is 588 g/mol. The van der Waals surface area contributed by atoms with Gasteiger partial charge in [0.1, 0.15) is 16.8 Å². The number of aryl methyl sites for hydroxylation is 1. The summed E-state index contributed by atoms with van der Waals surface area (Å²) in [5.74, 6) is -3.92. The number of aliphatic carboxylic acids is 2. The number of carbonyl (C=O) groups is 4. The highest BCUT2D eigenvalue weighted by atomic mass is 16.6. The van der Waals surface area contributed by atoms with E-state index < -0.39 is 63.8 Å². The fourth-order valence-corrected chi connectivity index (χ4v) is 12.7. The summed E-state index contributed by atoms with van der Waals surface area (Å²) in [5, 5.41) is 41.5. The second kappa shape index (κ2) is 8.78. The fraction of sp³-hybridized carbons (Fsp3) is 0.622. The first kappa shape index (κ1) is 30.1. The molecule has 1 saturated heterocycles. The number of esters is 1. The Kier molecular flexibility index (Phi) is 5.74. The number of rotatable bonds is 2. The summed E-state index contributed by atoms with van der Waals surface area (Å²) in [5.41, 5.74) is -0.708. The number of hydrogen-bond acceptors (Lipinski definition) is 7. The maximum atomic E-state index is 12.7. The number of fused-ring (bicyclic) bond motifs is 4. The van der Waals surface area contributed by atoms with Crippen LogP contribution in [-0.4, -0.2) is 61.4 Å². The number of aliphatic hydroxyl groups is 2. The molecule has 46 heavy (non-hydrogen) atoms. The third-order valence-corrected chi connectivity index (χ3v) is 14.5. The van der Waals surface area contributed by atoms with Gasteiger partial charge in [-0.15, -0.1) is 0 Å². The van der Waals surface area contributed by atoms with Crippen LogP contribution in [0.5, 0.6) is 0 Å². The smallest absolute Gasteiger partial charge is 0.316 e. The fourth-order valence-electron chi connectivity index (χ4n) is 12.7. The van der Waals surface area contributed by atoms with Crippen LogP contribution in [0.2, 0.25) is 0 Å². The van der Waals surface area contributed by atoms with Gasteiger partial charge in [0.2, 0.25) is 0 Å². The van der Waals surface area contributed by atoms with Crippen molar-refractivity contribution in [1.29, 1.82) is 0 Å². The van der Waals surface area contributed by atoms with Crippen LogP contribution in [0, 0.1) is 46.3 Å². The maximum absolute atomic E-state index is 12.7. The molecular formula is C37H42O9. The van der Waals surface area contributed by atoms with Crippen LogP contribution in [0.25, 0.3) is 0 Å². The van der Waals surface area contributed by atoms with Gasteiger partial charge in [0.25, 0.3) is 0 Å². The van der Waals surface area contributed by atoms with Crippen molar-refractivity contribution < 1.29 is 44.3 Å². The summed E-state index contributed by atoms with van der Waals surface area (Å²) in [4.78, 5) is 49.7. The third kappa shape index (κ3) is 3.19. The zero-order valence-electron chi connectivity index (χ0n) is 26.5. The van der Waals surface area contributed by atoms with Crippen molar-refractivity contribution in [1.82, 2.24) is 0 Å². The largest absolute Gasteiger partial charge is 0.481 e. The van der Waals surface area contributed by atoms with E-state index in [-0.39, 0.29) is 28.4 Å². The van der Waals surface area contributed by atoms with Gasteiger partial charge in [0.15, 0.2) is 0 Å². The quantitative estimate of drug-likeness (QED) is 0.274. The lowest BCUT2D eigenvalue weighted by atomic mass is 9.61. The van der Waals surface area contributed by atoms with Crippen LogP contribution < -0.4 is 0 Å². The molecule has 9 rings (SSSR count). The van der Waals surface area contributed by atoms with E-state index in [4.69, 9.17) is 4.74 Å². The highest BCUT2D eigenvalue weighted by Crippen LogP contribution is 2.77. The first-order valence-corrected chi connectivity index (χ1v) is 16.6. The number of hydrogen-bond donors (Lipinski definition) is 4. The predicted octanol–water partition coefficient (Wildman–Crippen LogP) is 4.44. The molecule has 1 heterocycles. The van der Waals surface area contributed by atoms with Crippen LogP contribution in [0.4, 0.5) is 0 Å². The average molecular weight is 631 g/mol. The van der Waals surface area contributed by atoms with E-state index in [1.807, 2.05) is 26.0 Å². The summed E-state index contributed by atoms with van der Waals surface area (Å²) < 4.78 is 5.87. The van der Waals surface area contributed by atoms with Crippen molar-refractivity contribution >= 4 is 23.7 Å². The first-order chi connectivity index (χ1) is 21.5. The zero-order chi connectivity index (χ0) is 33.0. The summed E-state index contributed by atoms with van der Waals surface area (Å²) in [6.07, 6.45) is 7.15. The van der Waals surface area contributed by atoms with Gasteiger partial charge in [-0.3, -0.25) is 19.2 Å². The predicted molar refractivity (Wildman–Crippen MR) is 163 cm³/mol. The van der Waals surface area contributed by atoms with Crippen LogP contribution in [0.15, 0.2) is 42.5 Å². The number of Topliss-reactive ketones (excluding diaryl/α,β-unsaturated/α-hetero) is 1. The lowest BCUT2D eigenvalue weighted by Gasteiger charge is -2.44. The van der Waals surface area contributed by atoms with Crippen molar-refractivity contribution in [3.05, 3.63) is 59.2 Å². The van der Waals surface area contributed by atoms with E-state index in [1.165, 1.54) is 5.56 Å². The number of ether oxygens (including phenoxy) is 1. The van der Waals surface area contributed by atoms with Crippen molar-refractivity contribution in [3.8, 4) is 0 Å². The summed E-state index contributed by atoms with van der Waals surface area (Å²) >= 11 is 0. The second-order valence-electron chi connectivity index (χ2n) is 16.4. The Balaban J connectivity index is 0.000000138. The minimum Gasteiger partial charge on any atom is -0.481 e. The molecule has 1 aliphatic heterocycles. The first-order valence-electron chi connectivity index (χ1n) is 16.6. The van der Waals surface area contributed by atoms with E-state index in [2.05, 4.69) is 12.6 Å². The average Bonchev–Trinajstić information content (AvgIpc) is 3.59. The van der Waals surface area contributed by atoms with Crippen molar-refractivity contribution in [2.24, 2.45) is 39.4 Å². The van der Waals surface area contributed by atoms with Gasteiger partial charge in [0, 0.05) is 29.1 Å². The van der Waals surface area contributed by atoms with Crippen LogP contribution in [0.3, 0.4) is 0 Å². The molecule has 0 amide bonds. The molecule has 1 aromatic rings. The van der Waals surface area contributed by atoms with Gasteiger partial charge in [0.05, 0.1) is 23.5 Å². The van der Waals surface area contributed by atoms with Crippen LogP contribution in [0.1, 0.15) is 93.7 Å². The molecule has 4 N–H and O–H groups in total. The molecule has 6 bridgehead atoms. The Bertz CT molecular complexity index is 1690. The van der Waals surface area contributed by atoms with Crippen LogP contribution >= 0.6 is 0 Å². The molecule has 12 atom stereocenters. The lowest BCUT2D eigenvalue weighted by Crippen LogP contribution is -2.50. The van der Waals surface area contributed by atoms with Gasteiger partial charge in [-0.2, -0.15) is 0 Å². The molecule has 7 aliphatic carbocycles. The number of carboxylic acid groups (broad SMARTS) is 2. The minimum atomic E-state index is -1.27. The molecule has 0 unspecified atom stereocenters. The molecule has 0 radical (unpaired) electrons. The maximum Gasteiger partial charge on any atom is 0.316 e. The van der Waals surface area contributed by atoms with Crippen LogP contribution in [-0.2, 0) is 23.9 Å². The molecule has 9 nitrogen and oxygen atoms in total. The van der Waals surface area contributed by atoms with Crippen molar-refractivity contribution in [2.45, 2.75) is 101 Å². The molecule has 8 aliphatic rings. The van der Waals surface area contributed by atoms with Gasteiger partial charge in [-0.25, -0.2) is 0 Å². The Morgan fingerprint density at radius 1 is 1.00 bits per heavy atom. The SMILES string of the molecule is C=C1C[C@]23C[C@@]1(O)CC[C@H]2[C@@]12C=C[C@H](O)[C@@](C)(C(=O)O1)[C@H]2[C@@H]3C(=O)O.Cc1cccc2c1[C@H](C(=O)O)[C@@]13CC(=O)[C@@](C)(CC[C@@H]21)C3. The second-order valence-corrected chi connectivity index (χ2v) is 16.4. The standard InChI is InChI=1S/C19H22O6.C18H20O3/c1-9-7-17-8-18(9,24)5-3-10(17)19-6-4-11(20)16(2,15(23)25-19)13(19)12(17)14(21)22;1-10-4-3-5-11-12-6-7-17(2)9-18(12,8-13(17)19)15(14(10)11)16(20)21/h4,6,10-13,20,24H,1,3,5,7-8H2,2H3,(H,21,22);3-5,12,15H,6-9H2,1-2H3,(H,20,21)/t10-,11+,12-,13-,16-,17+,18+,19-;12-,15+,17-,18+/m10/s1. The highest BCUT2D eigenvalue weighted by molar-refractivity contribution is 5.92. The molecule has 0 aromatic heterocycles. The van der Waals surface area contributed by atoms with Gasteiger partial charge < -0.3 is 25.2 Å². The number of aliphatic hydroxyl groups excluding tert-OH is 1. The highest BCUT2D eigenvalue weighted by Gasteiger charge is 2.83. The van der Waals surface area contributed by atoms with E-state index in [1.54, 1.807) is 19.1 Å². The Morgan fingerprint density at radius 3 is 2.43 bits per heavy atom. The van der Waals surface area contributed by atoms with E-state index >= 15 is 0 Å². The van der Waals surface area contributed by atoms with Crippen molar-refractivity contribution in [2.75, 3.05) is 0 Å². The van der Waals surface area contributed by atoms with E-state index in [9.17, 15) is 39.6 Å². The van der Waals surface area contributed by atoms with Gasteiger partial charge in [-0.05, 0) is 98.5 Å². The molecule has 2 spiro atoms. The summed E-state index contributed by atoms with van der Waals surface area (Å²) in [7, 11) is 0. The van der Waals surface area contributed by atoms with E-state index in [0.29, 0.717) is 37.7 Å². The third-order valence-electron chi connectivity index (χ3n) is 14.5. The monoisotopic (exact) mass is 630 g/mol. The number of benzene rings is 1. The number of carbonyl (C=O) groups excluding carboxylic acids is 2. The van der Waals surface area contributed by atoms with Gasteiger partial charge in [-0.1, -0.05) is 37.8 Å². The minimum absolute atomic E-state index is 0.180. The summed E-state index contributed by atoms with van der Waals surface area (Å²) in [6, 6.07) is 6.11. The van der Waals surface area contributed by atoms with E-state index in [0.717, 1.165) is 30.4 Å². The zero-order valence-corrected chi connectivity index (χ0v) is 26.5. The summed E-state index contributed by atoms with van der Waals surface area (Å²) in [6.45, 7) is 9.68. The van der Waals surface area contributed by atoms with Crippen molar-refractivity contribution in [3.63, 3.8) is 0 Å². The molecule has 9 heteroatoms. The molecule has 244 valence electrons. The van der Waals surface area contributed by atoms with Gasteiger partial charge >= 0.3 is 17.9 Å².